The zero-order valence-electron chi connectivity index (χ0n) is 20.0. The third kappa shape index (κ3) is 3.91. The molecule has 1 saturated heterocycles. The van der Waals surface area contributed by atoms with Crippen molar-refractivity contribution < 1.29 is 13.8 Å². The number of fused-ring (bicyclic) bond motifs is 2. The van der Waals surface area contributed by atoms with E-state index in [0.29, 0.717) is 59.9 Å². The van der Waals surface area contributed by atoms with Crippen LogP contribution in [0.15, 0.2) is 40.2 Å². The van der Waals surface area contributed by atoms with Gasteiger partial charge in [-0.2, -0.15) is 14.7 Å². The summed E-state index contributed by atoms with van der Waals surface area (Å²) >= 11 is 0. The van der Waals surface area contributed by atoms with Crippen LogP contribution < -0.4 is 10.9 Å². The first-order valence-electron chi connectivity index (χ1n) is 11.6. The normalized spacial score (nSPS) is 20.3. The quantitative estimate of drug-likeness (QED) is 0.411. The highest BCUT2D eigenvalue weighted by Gasteiger charge is 2.41. The third-order valence-electron chi connectivity index (χ3n) is 6.87. The molecule has 0 amide bonds. The number of nitriles is 1. The second kappa shape index (κ2) is 8.36. The molecule has 1 aromatic carbocycles. The van der Waals surface area contributed by atoms with E-state index >= 15 is 0 Å². The van der Waals surface area contributed by atoms with Gasteiger partial charge in [-0.1, -0.05) is 0 Å². The summed E-state index contributed by atoms with van der Waals surface area (Å²) in [5.41, 5.74) is 0.902. The van der Waals surface area contributed by atoms with Crippen LogP contribution in [0.1, 0.15) is 45.6 Å². The smallest absolute Gasteiger partial charge is 0.261 e. The van der Waals surface area contributed by atoms with Gasteiger partial charge in [0.05, 0.1) is 28.4 Å². The predicted molar refractivity (Wildman–Crippen MR) is 135 cm³/mol. The Kier molecular flexibility index (Phi) is 5.69. The molecule has 0 radical (unpaired) electrons. The Hall–Kier alpha value is -2.88. The van der Waals surface area contributed by atoms with Crippen LogP contribution in [0.25, 0.3) is 10.9 Å². The zero-order chi connectivity index (χ0) is 25.0. The van der Waals surface area contributed by atoms with E-state index in [1.807, 2.05) is 37.6 Å². The molecule has 3 aromatic rings. The minimum atomic E-state index is -3.07. The number of hydrogen-bond acceptors (Lipinski definition) is 8. The summed E-state index contributed by atoms with van der Waals surface area (Å²) in [5, 5.41) is 18.1. The fraction of sp³-hybridized carbons (Fsp3) is 0.458. The lowest BCUT2D eigenvalue weighted by Crippen LogP contribution is -2.40. The van der Waals surface area contributed by atoms with Crippen molar-refractivity contribution in [3.63, 3.8) is 0 Å². The number of aromatic amines is 1. The van der Waals surface area contributed by atoms with Crippen LogP contribution in [0.4, 0.5) is 11.5 Å². The lowest BCUT2D eigenvalue weighted by Gasteiger charge is -2.44. The van der Waals surface area contributed by atoms with Crippen molar-refractivity contribution in [2.75, 3.05) is 18.5 Å². The van der Waals surface area contributed by atoms with Gasteiger partial charge in [-0.25, -0.2) is 0 Å². The molecule has 5 rings (SSSR count). The molecular formula is C24H30N6O4S. The number of nitrogens with zero attached hydrogens (tertiary/aromatic N) is 4. The number of hydrogen-bond donors (Lipinski definition) is 4. The van der Waals surface area contributed by atoms with Gasteiger partial charge in [-0.15, -0.1) is 10.8 Å². The summed E-state index contributed by atoms with van der Waals surface area (Å²) in [5.74, 6) is 0.392. The fourth-order valence-corrected chi connectivity index (χ4v) is 7.10. The SMILES string of the molecule is CC(C)(C)N1Cc2cc(Nc3nn(C4(CC#N)CCOCC4)c4cc[nH]c(=O)c34)ccc2S1(O)O. The third-order valence-corrected chi connectivity index (χ3v) is 9.15. The average molecular weight is 499 g/mol. The van der Waals surface area contributed by atoms with E-state index in [9.17, 15) is 19.2 Å². The van der Waals surface area contributed by atoms with Gasteiger partial charge in [-0.05, 0) is 63.4 Å². The second-order valence-corrected chi connectivity index (χ2v) is 12.1. The van der Waals surface area contributed by atoms with Crippen molar-refractivity contribution in [2.24, 2.45) is 0 Å². The highest BCUT2D eigenvalue weighted by Crippen LogP contribution is 2.61. The Balaban J connectivity index is 1.57. The molecule has 0 unspecified atom stereocenters. The van der Waals surface area contributed by atoms with E-state index in [0.717, 1.165) is 5.56 Å². The van der Waals surface area contributed by atoms with Crippen molar-refractivity contribution in [1.29, 1.82) is 5.26 Å². The van der Waals surface area contributed by atoms with Gasteiger partial charge in [0.15, 0.2) is 5.82 Å². The lowest BCUT2D eigenvalue weighted by atomic mass is 9.87. The molecule has 2 aliphatic rings. The van der Waals surface area contributed by atoms with Crippen molar-refractivity contribution in [1.82, 2.24) is 19.1 Å². The van der Waals surface area contributed by atoms with Crippen LogP contribution in [0, 0.1) is 11.3 Å². The Labute approximate surface area is 205 Å². The second-order valence-electron chi connectivity index (χ2n) is 10.2. The maximum atomic E-state index is 12.9. The monoisotopic (exact) mass is 498 g/mol. The highest BCUT2D eigenvalue weighted by atomic mass is 32.3. The summed E-state index contributed by atoms with van der Waals surface area (Å²) in [6, 6.07) is 9.46. The summed E-state index contributed by atoms with van der Waals surface area (Å²) in [4.78, 5) is 16.1. The molecule has 2 aliphatic heterocycles. The van der Waals surface area contributed by atoms with Crippen molar-refractivity contribution >= 4 is 33.2 Å². The maximum absolute atomic E-state index is 12.9. The van der Waals surface area contributed by atoms with Crippen LogP contribution in [0.3, 0.4) is 0 Å². The van der Waals surface area contributed by atoms with E-state index in [1.54, 1.807) is 22.6 Å². The Morgan fingerprint density at radius 1 is 1.29 bits per heavy atom. The number of ether oxygens (including phenoxy) is 1. The number of benzene rings is 1. The highest BCUT2D eigenvalue weighted by molar-refractivity contribution is 8.22. The van der Waals surface area contributed by atoms with Gasteiger partial charge in [0.25, 0.3) is 5.56 Å². The molecule has 186 valence electrons. The van der Waals surface area contributed by atoms with Crippen molar-refractivity contribution in [3.05, 3.63) is 46.4 Å². The summed E-state index contributed by atoms with van der Waals surface area (Å²) < 4.78 is 30.8. The number of aromatic nitrogens is 3. The van der Waals surface area contributed by atoms with E-state index in [4.69, 9.17) is 9.84 Å². The molecule has 2 aromatic heterocycles. The first kappa shape index (κ1) is 23.8. The molecule has 4 heterocycles. The number of anilines is 2. The topological polar surface area (TPSA) is 139 Å². The predicted octanol–water partition coefficient (Wildman–Crippen LogP) is 4.53. The minimum Gasteiger partial charge on any atom is -0.381 e. The van der Waals surface area contributed by atoms with E-state index in [-0.39, 0.29) is 12.0 Å². The molecular weight excluding hydrogens is 468 g/mol. The minimum absolute atomic E-state index is 0.263. The van der Waals surface area contributed by atoms with Crippen LogP contribution in [0.2, 0.25) is 0 Å². The average Bonchev–Trinajstić information content (AvgIpc) is 3.30. The Bertz CT molecular complexity index is 1380. The van der Waals surface area contributed by atoms with Gasteiger partial charge in [0, 0.05) is 37.2 Å². The van der Waals surface area contributed by atoms with E-state index in [2.05, 4.69) is 16.4 Å². The fourth-order valence-electron chi connectivity index (χ4n) is 5.06. The standard InChI is InChI=1S/C24H30N6O4S/c1-23(2,3)29-15-16-14-17(4-5-19(16)35(29,32)33)27-21-20-18(6-11-26-22(20)31)30(28-21)24(7-10-25)8-12-34-13-9-24/h4-6,11,14,32-33H,7-9,12-13,15H2,1-3H3,(H,26,31)(H,27,28). The molecule has 0 spiro atoms. The van der Waals surface area contributed by atoms with Gasteiger partial charge in [-0.3, -0.25) is 18.6 Å². The summed E-state index contributed by atoms with van der Waals surface area (Å²) in [7, 11) is -3.07. The van der Waals surface area contributed by atoms with Crippen LogP contribution in [-0.2, 0) is 16.8 Å². The van der Waals surface area contributed by atoms with Crippen molar-refractivity contribution in [3.8, 4) is 6.07 Å². The van der Waals surface area contributed by atoms with Crippen LogP contribution in [0.5, 0.6) is 0 Å². The number of pyridine rings is 1. The van der Waals surface area contributed by atoms with Gasteiger partial charge < -0.3 is 15.0 Å². The van der Waals surface area contributed by atoms with Gasteiger partial charge in [0.2, 0.25) is 0 Å². The molecule has 11 heteroatoms. The summed E-state index contributed by atoms with van der Waals surface area (Å²) in [6.45, 7) is 7.30. The molecule has 35 heavy (non-hydrogen) atoms. The maximum Gasteiger partial charge on any atom is 0.261 e. The molecule has 0 saturated carbocycles. The Morgan fingerprint density at radius 2 is 2.03 bits per heavy atom. The summed E-state index contributed by atoms with van der Waals surface area (Å²) in [6.07, 6.45) is 3.11. The number of rotatable bonds is 4. The van der Waals surface area contributed by atoms with Crippen LogP contribution >= 0.6 is 10.8 Å². The first-order chi connectivity index (χ1) is 16.6. The van der Waals surface area contributed by atoms with E-state index in [1.165, 1.54) is 0 Å². The first-order valence-corrected chi connectivity index (χ1v) is 13.1. The molecule has 10 nitrogen and oxygen atoms in total. The Morgan fingerprint density at radius 3 is 2.71 bits per heavy atom. The van der Waals surface area contributed by atoms with Crippen molar-refractivity contribution in [2.45, 2.75) is 62.6 Å². The molecule has 0 aliphatic carbocycles. The van der Waals surface area contributed by atoms with Gasteiger partial charge >= 0.3 is 0 Å². The van der Waals surface area contributed by atoms with E-state index < -0.39 is 21.9 Å². The number of H-pyrrole nitrogens is 1. The number of nitrogens with one attached hydrogen (secondary N) is 2. The largest absolute Gasteiger partial charge is 0.381 e. The molecule has 0 bridgehead atoms. The lowest BCUT2D eigenvalue weighted by molar-refractivity contribution is 0.0194. The van der Waals surface area contributed by atoms with Crippen LogP contribution in [-0.4, -0.2) is 46.9 Å². The zero-order valence-corrected chi connectivity index (χ0v) is 20.9. The molecule has 1 fully saturated rings. The van der Waals surface area contributed by atoms with Gasteiger partial charge in [0.1, 0.15) is 5.39 Å². The molecule has 0 atom stereocenters. The molecule has 4 N–H and O–H groups in total.